The van der Waals surface area contributed by atoms with Gasteiger partial charge < -0.3 is 14.8 Å². The van der Waals surface area contributed by atoms with Crippen molar-refractivity contribution < 1.29 is 0 Å². The second-order valence-corrected chi connectivity index (χ2v) is 7.62. The molecular formula is C18H22N6S. The van der Waals surface area contributed by atoms with Crippen molar-refractivity contribution in [2.24, 2.45) is 5.92 Å². The third-order valence-corrected chi connectivity index (χ3v) is 6.04. The van der Waals surface area contributed by atoms with Gasteiger partial charge in [-0.2, -0.15) is 0 Å². The lowest BCUT2D eigenvalue weighted by molar-refractivity contribution is 0.495. The molecule has 3 aromatic rings. The van der Waals surface area contributed by atoms with Crippen LogP contribution < -0.4 is 9.80 Å². The average Bonchev–Trinajstić information content (AvgIpc) is 3.20. The summed E-state index contributed by atoms with van der Waals surface area (Å²) in [6.07, 6.45) is 5.41. The minimum absolute atomic E-state index is 0.324. The number of H-pyrrole nitrogens is 1. The molecule has 0 spiro atoms. The molecule has 1 N–H and O–H groups in total. The van der Waals surface area contributed by atoms with Crippen molar-refractivity contribution in [2.75, 3.05) is 29.9 Å². The molecule has 4 rings (SSSR count). The van der Waals surface area contributed by atoms with E-state index in [1.807, 2.05) is 25.4 Å². The van der Waals surface area contributed by atoms with Crippen molar-refractivity contribution in [1.29, 1.82) is 0 Å². The molecule has 1 unspecified atom stereocenters. The minimum Gasteiger partial charge on any atom is -0.352 e. The maximum Gasteiger partial charge on any atom is 0.142 e. The molecule has 1 fully saturated rings. The van der Waals surface area contributed by atoms with Crippen LogP contribution in [-0.4, -0.2) is 44.9 Å². The van der Waals surface area contributed by atoms with E-state index in [9.17, 15) is 0 Å². The number of nitrogens with one attached hydrogen (secondary N) is 1. The van der Waals surface area contributed by atoms with Gasteiger partial charge in [0.15, 0.2) is 0 Å². The van der Waals surface area contributed by atoms with Gasteiger partial charge in [0.2, 0.25) is 0 Å². The molecule has 7 heteroatoms. The number of aryl methyl sites for hydroxylation is 1. The van der Waals surface area contributed by atoms with Crippen LogP contribution in [0, 0.1) is 12.8 Å². The van der Waals surface area contributed by atoms with Crippen LogP contribution >= 0.6 is 12.6 Å². The summed E-state index contributed by atoms with van der Waals surface area (Å²) in [6.45, 7) is 5.93. The van der Waals surface area contributed by atoms with E-state index in [4.69, 9.17) is 12.6 Å². The van der Waals surface area contributed by atoms with Gasteiger partial charge in [0.1, 0.15) is 28.5 Å². The number of hydrogen-bond acceptors (Lipinski definition) is 6. The molecule has 0 bridgehead atoms. The van der Waals surface area contributed by atoms with Crippen molar-refractivity contribution in [3.8, 4) is 0 Å². The molecule has 0 amide bonds. The molecule has 25 heavy (non-hydrogen) atoms. The number of hydrogen-bond donors (Lipinski definition) is 2. The maximum atomic E-state index is 5.09. The van der Waals surface area contributed by atoms with E-state index < -0.39 is 0 Å². The molecule has 3 aromatic heterocycles. The number of anilines is 2. The molecule has 0 saturated carbocycles. The average molecular weight is 354 g/mol. The second kappa shape index (κ2) is 5.91. The van der Waals surface area contributed by atoms with E-state index in [1.54, 1.807) is 6.33 Å². The Bertz CT molecular complexity index is 892. The second-order valence-electron chi connectivity index (χ2n) is 6.85. The minimum atomic E-state index is -0.324. The fraction of sp³-hybridized carbons (Fsp3) is 0.389. The van der Waals surface area contributed by atoms with E-state index in [0.29, 0.717) is 5.92 Å². The Morgan fingerprint density at radius 3 is 2.88 bits per heavy atom. The number of aromatic amines is 1. The van der Waals surface area contributed by atoms with E-state index >= 15 is 0 Å². The Morgan fingerprint density at radius 2 is 2.12 bits per heavy atom. The molecule has 0 radical (unpaired) electrons. The fourth-order valence-corrected chi connectivity index (χ4v) is 3.90. The first kappa shape index (κ1) is 16.2. The number of rotatable bonds is 3. The van der Waals surface area contributed by atoms with Crippen LogP contribution in [0.15, 0.2) is 36.9 Å². The number of nitrogens with zero attached hydrogens (tertiary/aromatic N) is 5. The highest BCUT2D eigenvalue weighted by Gasteiger charge is 2.46. The lowest BCUT2D eigenvalue weighted by Crippen LogP contribution is -2.48. The summed E-state index contributed by atoms with van der Waals surface area (Å²) >= 11 is 5.09. The molecule has 1 aliphatic heterocycles. The smallest absolute Gasteiger partial charge is 0.142 e. The zero-order valence-electron chi connectivity index (χ0n) is 14.6. The van der Waals surface area contributed by atoms with Crippen molar-refractivity contribution in [3.05, 3.63) is 42.5 Å². The molecule has 1 saturated heterocycles. The number of fused-ring (bicyclic) bond motifs is 1. The summed E-state index contributed by atoms with van der Waals surface area (Å²) in [5.74, 6) is 2.23. The lowest BCUT2D eigenvalue weighted by atomic mass is 10.0. The Morgan fingerprint density at radius 1 is 1.28 bits per heavy atom. The number of likely N-dealkylation sites (N-methyl/N-ethyl adjacent to an activating group) is 1. The number of thiol groups is 1. The van der Waals surface area contributed by atoms with Crippen LogP contribution in [0.5, 0.6) is 0 Å². The van der Waals surface area contributed by atoms with Gasteiger partial charge in [0.05, 0.1) is 11.9 Å². The predicted octanol–water partition coefficient (Wildman–Crippen LogP) is 2.88. The Kier molecular flexibility index (Phi) is 3.83. The van der Waals surface area contributed by atoms with Crippen LogP contribution in [-0.2, 0) is 0 Å². The quantitative estimate of drug-likeness (QED) is 0.559. The Hall–Kier alpha value is -2.28. The van der Waals surface area contributed by atoms with E-state index in [2.05, 4.69) is 55.8 Å². The van der Waals surface area contributed by atoms with E-state index in [0.717, 1.165) is 41.3 Å². The molecule has 0 aliphatic carbocycles. The van der Waals surface area contributed by atoms with Crippen LogP contribution in [0.25, 0.3) is 11.0 Å². The summed E-state index contributed by atoms with van der Waals surface area (Å²) in [4.78, 5) is 20.7. The van der Waals surface area contributed by atoms with Crippen LogP contribution in [0.3, 0.4) is 0 Å². The van der Waals surface area contributed by atoms with Crippen LogP contribution in [0.2, 0.25) is 0 Å². The highest BCUT2D eigenvalue weighted by atomic mass is 32.1. The molecule has 6 nitrogen and oxygen atoms in total. The van der Waals surface area contributed by atoms with Crippen molar-refractivity contribution >= 4 is 35.3 Å². The standard InChI is InChI=1S/C18H22N6S/c1-12-4-5-15(20-8-12)23(3)18(25)10-24(9-13(18)2)17-14-6-7-19-16(14)21-11-22-17/h4-8,11,13,25H,9-10H2,1-3H3,(H,19,21,22)/t13?,18-/m0/s1. The molecule has 130 valence electrons. The maximum absolute atomic E-state index is 5.09. The molecular weight excluding hydrogens is 332 g/mol. The molecule has 2 atom stereocenters. The summed E-state index contributed by atoms with van der Waals surface area (Å²) in [7, 11) is 2.07. The highest BCUT2D eigenvalue weighted by Crippen LogP contribution is 2.40. The lowest BCUT2D eigenvalue weighted by Gasteiger charge is -2.38. The first-order valence-electron chi connectivity index (χ1n) is 8.41. The van der Waals surface area contributed by atoms with Crippen molar-refractivity contribution in [1.82, 2.24) is 19.9 Å². The largest absolute Gasteiger partial charge is 0.352 e. The van der Waals surface area contributed by atoms with Gasteiger partial charge in [-0.1, -0.05) is 13.0 Å². The van der Waals surface area contributed by atoms with Crippen molar-refractivity contribution in [3.63, 3.8) is 0 Å². The van der Waals surface area contributed by atoms with Gasteiger partial charge in [-0.3, -0.25) is 0 Å². The van der Waals surface area contributed by atoms with Gasteiger partial charge in [-0.25, -0.2) is 15.0 Å². The van der Waals surface area contributed by atoms with Gasteiger partial charge in [-0.15, -0.1) is 12.6 Å². The third kappa shape index (κ3) is 2.63. The topological polar surface area (TPSA) is 60.9 Å². The Labute approximate surface area is 152 Å². The SMILES string of the molecule is Cc1ccc(N(C)[C@]2(S)CN(c3ncnc4[nH]ccc34)CC2C)nc1. The third-order valence-electron chi connectivity index (χ3n) is 5.16. The summed E-state index contributed by atoms with van der Waals surface area (Å²) in [5, 5.41) is 1.04. The van der Waals surface area contributed by atoms with Crippen LogP contribution in [0.1, 0.15) is 12.5 Å². The molecule has 4 heterocycles. The van der Waals surface area contributed by atoms with Gasteiger partial charge in [0.25, 0.3) is 0 Å². The number of aromatic nitrogens is 4. The zero-order chi connectivity index (χ0) is 17.6. The first-order valence-corrected chi connectivity index (χ1v) is 8.85. The molecule has 1 aliphatic rings. The summed E-state index contributed by atoms with van der Waals surface area (Å²) in [5.41, 5.74) is 2.02. The monoisotopic (exact) mass is 354 g/mol. The predicted molar refractivity (Wildman–Crippen MR) is 104 cm³/mol. The summed E-state index contributed by atoms with van der Waals surface area (Å²) in [6, 6.07) is 6.16. The first-order chi connectivity index (χ1) is 12.0. The Balaban J connectivity index is 1.66. The zero-order valence-corrected chi connectivity index (χ0v) is 15.5. The van der Waals surface area contributed by atoms with Gasteiger partial charge >= 0.3 is 0 Å². The van der Waals surface area contributed by atoms with Crippen LogP contribution in [0.4, 0.5) is 11.6 Å². The normalized spacial score (nSPS) is 23.4. The highest BCUT2D eigenvalue weighted by molar-refractivity contribution is 7.82. The molecule has 0 aromatic carbocycles. The van der Waals surface area contributed by atoms with Gasteiger partial charge in [0, 0.05) is 31.9 Å². The van der Waals surface area contributed by atoms with Crippen molar-refractivity contribution in [2.45, 2.75) is 18.7 Å². The van der Waals surface area contributed by atoms with E-state index in [-0.39, 0.29) is 4.87 Å². The van der Waals surface area contributed by atoms with E-state index in [1.165, 1.54) is 0 Å². The summed E-state index contributed by atoms with van der Waals surface area (Å²) < 4.78 is 0. The fourth-order valence-electron chi connectivity index (χ4n) is 3.54. The van der Waals surface area contributed by atoms with Gasteiger partial charge in [-0.05, 0) is 24.6 Å². The number of pyridine rings is 1.